The van der Waals surface area contributed by atoms with E-state index in [1.165, 1.54) is 19.2 Å². The molecule has 2 rings (SSSR count). The van der Waals surface area contributed by atoms with Crippen LogP contribution < -0.4 is 4.74 Å². The highest BCUT2D eigenvalue weighted by Gasteiger charge is 2.30. The van der Waals surface area contributed by atoms with Gasteiger partial charge in [0, 0.05) is 5.56 Å². The molecule has 0 N–H and O–H groups in total. The highest BCUT2D eigenvalue weighted by molar-refractivity contribution is 6.28. The summed E-state index contributed by atoms with van der Waals surface area (Å²) in [4.78, 5) is 11.4. The predicted molar refractivity (Wildman–Crippen MR) is 61.8 cm³/mol. The second-order valence-electron chi connectivity index (χ2n) is 3.49. The lowest BCUT2D eigenvalue weighted by Gasteiger charge is -2.07. The van der Waals surface area contributed by atoms with Gasteiger partial charge in [-0.05, 0) is 23.7 Å². The fraction of sp³-hybridized carbons (Fsp3) is 0.182. The number of methoxy groups -OCH3 is 1. The molecule has 0 amide bonds. The fourth-order valence-corrected chi connectivity index (χ4v) is 1.51. The highest BCUT2D eigenvalue weighted by atomic mass is 35.5. The van der Waals surface area contributed by atoms with Crippen LogP contribution in [0, 0.1) is 0 Å². The normalized spacial score (nSPS) is 11.4. The molecule has 0 aliphatic rings. The molecule has 1 aromatic heterocycles. The SMILES string of the molecule is COc1nc(Cl)nc(-c2ccc(C(F)(F)F)cc2)n1. The minimum absolute atomic E-state index is 0.00472. The molecule has 0 saturated carbocycles. The Morgan fingerprint density at radius 1 is 1.05 bits per heavy atom. The van der Waals surface area contributed by atoms with E-state index in [1.54, 1.807) is 0 Å². The Morgan fingerprint density at radius 2 is 1.68 bits per heavy atom. The van der Waals surface area contributed by atoms with Crippen molar-refractivity contribution in [1.82, 2.24) is 15.0 Å². The van der Waals surface area contributed by atoms with Crippen molar-refractivity contribution in [3.05, 3.63) is 35.1 Å². The van der Waals surface area contributed by atoms with E-state index in [1.807, 2.05) is 0 Å². The molecule has 4 nitrogen and oxygen atoms in total. The standard InChI is InChI=1S/C11H7ClF3N3O/c1-19-10-17-8(16-9(12)18-10)6-2-4-7(5-3-6)11(13,14)15/h2-5H,1H3. The minimum Gasteiger partial charge on any atom is -0.467 e. The van der Waals surface area contributed by atoms with Crippen LogP contribution in [0.25, 0.3) is 11.4 Å². The fourth-order valence-electron chi connectivity index (χ4n) is 1.36. The van der Waals surface area contributed by atoms with Gasteiger partial charge in [-0.1, -0.05) is 12.1 Å². The molecule has 0 unspecified atom stereocenters. The molecule has 0 saturated heterocycles. The summed E-state index contributed by atoms with van der Waals surface area (Å²) >= 11 is 5.66. The first-order chi connectivity index (χ1) is 8.90. The number of benzene rings is 1. The number of rotatable bonds is 2. The highest BCUT2D eigenvalue weighted by Crippen LogP contribution is 2.30. The van der Waals surface area contributed by atoms with Crippen LogP contribution >= 0.6 is 11.6 Å². The molecule has 1 heterocycles. The van der Waals surface area contributed by atoms with Gasteiger partial charge < -0.3 is 4.74 Å². The van der Waals surface area contributed by atoms with Gasteiger partial charge in [0.15, 0.2) is 5.82 Å². The zero-order chi connectivity index (χ0) is 14.0. The maximum atomic E-state index is 12.4. The molecule has 0 fully saturated rings. The zero-order valence-corrected chi connectivity index (χ0v) is 10.3. The lowest BCUT2D eigenvalue weighted by molar-refractivity contribution is -0.137. The van der Waals surface area contributed by atoms with Gasteiger partial charge >= 0.3 is 12.2 Å². The molecule has 0 radical (unpaired) electrons. The summed E-state index contributed by atoms with van der Waals surface area (Å²) in [7, 11) is 1.35. The molecule has 1 aromatic carbocycles. The van der Waals surface area contributed by atoms with Gasteiger partial charge in [0.1, 0.15) is 0 Å². The average molecular weight is 290 g/mol. The lowest BCUT2D eigenvalue weighted by atomic mass is 10.1. The molecular formula is C11H7ClF3N3O. The predicted octanol–water partition coefficient (Wildman–Crippen LogP) is 3.22. The summed E-state index contributed by atoms with van der Waals surface area (Å²) in [5.74, 6) is 0.144. The van der Waals surface area contributed by atoms with E-state index >= 15 is 0 Å². The number of alkyl halides is 3. The Bertz CT molecular complexity index is 587. The molecule has 0 bridgehead atoms. The van der Waals surface area contributed by atoms with Crippen LogP contribution in [-0.4, -0.2) is 22.1 Å². The molecule has 0 aliphatic carbocycles. The van der Waals surface area contributed by atoms with Crippen molar-refractivity contribution >= 4 is 11.6 Å². The maximum Gasteiger partial charge on any atom is 0.416 e. The van der Waals surface area contributed by atoms with Gasteiger partial charge in [-0.15, -0.1) is 0 Å². The third-order valence-corrected chi connectivity index (χ3v) is 2.41. The van der Waals surface area contributed by atoms with Crippen LogP contribution in [0.5, 0.6) is 6.01 Å². The monoisotopic (exact) mass is 289 g/mol. The van der Waals surface area contributed by atoms with E-state index in [9.17, 15) is 13.2 Å². The van der Waals surface area contributed by atoms with E-state index < -0.39 is 11.7 Å². The number of aromatic nitrogens is 3. The van der Waals surface area contributed by atoms with Crippen LogP contribution in [0.4, 0.5) is 13.2 Å². The molecule has 19 heavy (non-hydrogen) atoms. The Labute approximate surface area is 111 Å². The number of nitrogens with zero attached hydrogens (tertiary/aromatic N) is 3. The minimum atomic E-state index is -4.38. The van der Waals surface area contributed by atoms with Crippen LogP contribution in [0.15, 0.2) is 24.3 Å². The number of hydrogen-bond donors (Lipinski definition) is 0. The summed E-state index contributed by atoms with van der Waals surface area (Å²) in [5, 5.41) is -0.0956. The Balaban J connectivity index is 2.40. The quantitative estimate of drug-likeness (QED) is 0.852. The van der Waals surface area contributed by atoms with Gasteiger partial charge in [0.2, 0.25) is 5.28 Å². The topological polar surface area (TPSA) is 47.9 Å². The molecule has 8 heteroatoms. The van der Waals surface area contributed by atoms with Crippen molar-refractivity contribution in [1.29, 1.82) is 0 Å². The molecule has 2 aromatic rings. The molecule has 100 valence electrons. The van der Waals surface area contributed by atoms with E-state index in [0.717, 1.165) is 12.1 Å². The van der Waals surface area contributed by atoms with Crippen LogP contribution in [-0.2, 0) is 6.18 Å². The number of ether oxygens (including phenoxy) is 1. The first kappa shape index (κ1) is 13.5. The number of halogens is 4. The van der Waals surface area contributed by atoms with Crippen LogP contribution in [0.3, 0.4) is 0 Å². The van der Waals surface area contributed by atoms with Gasteiger partial charge in [-0.2, -0.15) is 28.1 Å². The van der Waals surface area contributed by atoms with Crippen LogP contribution in [0.1, 0.15) is 5.56 Å². The van der Waals surface area contributed by atoms with E-state index in [0.29, 0.717) is 5.56 Å². The molecule has 0 spiro atoms. The van der Waals surface area contributed by atoms with Crippen molar-refractivity contribution in [2.24, 2.45) is 0 Å². The first-order valence-electron chi connectivity index (χ1n) is 5.03. The first-order valence-corrected chi connectivity index (χ1v) is 5.41. The largest absolute Gasteiger partial charge is 0.467 e. The molecule has 0 atom stereocenters. The Morgan fingerprint density at radius 3 is 2.21 bits per heavy atom. The van der Waals surface area contributed by atoms with Crippen molar-refractivity contribution < 1.29 is 17.9 Å². The van der Waals surface area contributed by atoms with Gasteiger partial charge in [0.05, 0.1) is 12.7 Å². The maximum absolute atomic E-state index is 12.4. The second-order valence-corrected chi connectivity index (χ2v) is 3.83. The van der Waals surface area contributed by atoms with E-state index in [-0.39, 0.29) is 17.1 Å². The Kier molecular flexibility index (Phi) is 3.57. The van der Waals surface area contributed by atoms with Crippen molar-refractivity contribution in [3.63, 3.8) is 0 Å². The smallest absolute Gasteiger partial charge is 0.416 e. The van der Waals surface area contributed by atoms with Gasteiger partial charge in [-0.3, -0.25) is 0 Å². The summed E-state index contributed by atoms with van der Waals surface area (Å²) in [5.41, 5.74) is -0.362. The number of hydrogen-bond acceptors (Lipinski definition) is 4. The van der Waals surface area contributed by atoms with E-state index in [2.05, 4.69) is 15.0 Å². The van der Waals surface area contributed by atoms with Gasteiger partial charge in [0.25, 0.3) is 0 Å². The summed E-state index contributed by atoms with van der Waals surface area (Å²) in [6.45, 7) is 0. The Hall–Kier alpha value is -1.89. The second kappa shape index (κ2) is 5.00. The summed E-state index contributed by atoms with van der Waals surface area (Å²) < 4.78 is 42.1. The van der Waals surface area contributed by atoms with Crippen molar-refractivity contribution in [2.45, 2.75) is 6.18 Å². The van der Waals surface area contributed by atoms with Gasteiger partial charge in [-0.25, -0.2) is 0 Å². The zero-order valence-electron chi connectivity index (χ0n) is 9.57. The third kappa shape index (κ3) is 3.11. The third-order valence-electron chi connectivity index (χ3n) is 2.24. The summed E-state index contributed by atoms with van der Waals surface area (Å²) in [6.07, 6.45) is -4.38. The summed E-state index contributed by atoms with van der Waals surface area (Å²) in [6, 6.07) is 4.40. The van der Waals surface area contributed by atoms with Crippen molar-refractivity contribution in [3.8, 4) is 17.4 Å². The van der Waals surface area contributed by atoms with E-state index in [4.69, 9.17) is 16.3 Å². The lowest BCUT2D eigenvalue weighted by Crippen LogP contribution is -2.04. The average Bonchev–Trinajstić information content (AvgIpc) is 2.37. The van der Waals surface area contributed by atoms with Crippen LogP contribution in [0.2, 0.25) is 5.28 Å². The van der Waals surface area contributed by atoms with Crippen molar-refractivity contribution in [2.75, 3.05) is 7.11 Å². The molecule has 0 aliphatic heterocycles. The molecular weight excluding hydrogens is 283 g/mol.